The fourth-order valence-electron chi connectivity index (χ4n) is 2.38. The number of ether oxygens (including phenoxy) is 2. The quantitative estimate of drug-likeness (QED) is 0.767. The average Bonchev–Trinajstić information content (AvgIpc) is 2.39. The summed E-state index contributed by atoms with van der Waals surface area (Å²) in [6.07, 6.45) is 4.85. The SMILES string of the molecule is COC1CCCC(Oc2ccc(C(C)=O)cc2)C1. The van der Waals surface area contributed by atoms with Crippen molar-refractivity contribution >= 4 is 5.78 Å². The van der Waals surface area contributed by atoms with Gasteiger partial charge in [-0.25, -0.2) is 0 Å². The minimum absolute atomic E-state index is 0.0821. The molecule has 98 valence electrons. The molecule has 0 bridgehead atoms. The monoisotopic (exact) mass is 248 g/mol. The van der Waals surface area contributed by atoms with Crippen molar-refractivity contribution in [3.8, 4) is 5.75 Å². The molecule has 3 heteroatoms. The van der Waals surface area contributed by atoms with Gasteiger partial charge in [0.1, 0.15) is 11.9 Å². The summed E-state index contributed by atoms with van der Waals surface area (Å²) in [5, 5.41) is 0. The van der Waals surface area contributed by atoms with Crippen molar-refractivity contribution in [2.45, 2.75) is 44.8 Å². The third kappa shape index (κ3) is 3.33. The van der Waals surface area contributed by atoms with Crippen molar-refractivity contribution < 1.29 is 14.3 Å². The van der Waals surface area contributed by atoms with Crippen LogP contribution in [0.25, 0.3) is 0 Å². The zero-order chi connectivity index (χ0) is 13.0. The van der Waals surface area contributed by atoms with Crippen LogP contribution < -0.4 is 4.74 Å². The molecular formula is C15H20O3. The van der Waals surface area contributed by atoms with E-state index in [1.165, 1.54) is 0 Å². The molecule has 2 atom stereocenters. The Morgan fingerprint density at radius 1 is 1.17 bits per heavy atom. The number of Topliss-reactive ketones (excluding diaryl/α,β-unsaturated/α-hetero) is 1. The minimum Gasteiger partial charge on any atom is -0.490 e. The van der Waals surface area contributed by atoms with Gasteiger partial charge in [-0.2, -0.15) is 0 Å². The molecule has 0 aliphatic heterocycles. The van der Waals surface area contributed by atoms with Gasteiger partial charge in [0.05, 0.1) is 6.10 Å². The molecule has 2 unspecified atom stereocenters. The van der Waals surface area contributed by atoms with Gasteiger partial charge in [-0.3, -0.25) is 4.79 Å². The molecule has 2 rings (SSSR count). The van der Waals surface area contributed by atoms with Gasteiger partial charge < -0.3 is 9.47 Å². The number of carbonyl (C=O) groups excluding carboxylic acids is 1. The second-order valence-electron chi connectivity index (χ2n) is 4.84. The highest BCUT2D eigenvalue weighted by molar-refractivity contribution is 5.94. The maximum Gasteiger partial charge on any atom is 0.159 e. The van der Waals surface area contributed by atoms with Crippen LogP contribution in [0.1, 0.15) is 43.0 Å². The molecule has 0 heterocycles. The largest absolute Gasteiger partial charge is 0.490 e. The van der Waals surface area contributed by atoms with Crippen molar-refractivity contribution in [1.29, 1.82) is 0 Å². The lowest BCUT2D eigenvalue weighted by Gasteiger charge is -2.28. The third-order valence-electron chi connectivity index (χ3n) is 3.47. The second-order valence-corrected chi connectivity index (χ2v) is 4.84. The summed E-state index contributed by atoms with van der Waals surface area (Å²) in [5.74, 6) is 0.917. The van der Waals surface area contributed by atoms with Gasteiger partial charge in [0.2, 0.25) is 0 Å². The van der Waals surface area contributed by atoms with Crippen LogP contribution in [-0.4, -0.2) is 25.1 Å². The molecule has 0 amide bonds. The number of rotatable bonds is 4. The van der Waals surface area contributed by atoms with E-state index in [0.717, 1.165) is 37.0 Å². The van der Waals surface area contributed by atoms with Crippen LogP contribution in [0.4, 0.5) is 0 Å². The van der Waals surface area contributed by atoms with Crippen LogP contribution in [0.15, 0.2) is 24.3 Å². The van der Waals surface area contributed by atoms with E-state index in [2.05, 4.69) is 0 Å². The topological polar surface area (TPSA) is 35.5 Å². The van der Waals surface area contributed by atoms with Gasteiger partial charge in [-0.15, -0.1) is 0 Å². The molecule has 0 spiro atoms. The van der Waals surface area contributed by atoms with Crippen molar-refractivity contribution in [2.75, 3.05) is 7.11 Å². The van der Waals surface area contributed by atoms with E-state index in [9.17, 15) is 4.79 Å². The summed E-state index contributed by atoms with van der Waals surface area (Å²) in [7, 11) is 1.76. The van der Waals surface area contributed by atoms with Crippen LogP contribution in [0, 0.1) is 0 Å². The zero-order valence-corrected chi connectivity index (χ0v) is 11.0. The van der Waals surface area contributed by atoms with Crippen LogP contribution in [0.5, 0.6) is 5.75 Å². The second kappa shape index (κ2) is 6.01. The standard InChI is InChI=1S/C15H20O3/c1-11(16)12-6-8-13(9-7-12)18-15-5-3-4-14(10-15)17-2/h6-9,14-15H,3-5,10H2,1-2H3. The summed E-state index contributed by atoms with van der Waals surface area (Å²) >= 11 is 0. The normalized spacial score (nSPS) is 23.7. The molecule has 1 aliphatic carbocycles. The van der Waals surface area contributed by atoms with Gasteiger partial charge in [0.15, 0.2) is 5.78 Å². The van der Waals surface area contributed by atoms with Crippen molar-refractivity contribution in [3.63, 3.8) is 0 Å². The predicted molar refractivity (Wildman–Crippen MR) is 70.1 cm³/mol. The minimum atomic E-state index is 0.0821. The first-order chi connectivity index (χ1) is 8.69. The summed E-state index contributed by atoms with van der Waals surface area (Å²) in [6.45, 7) is 1.57. The molecule has 1 aromatic rings. The molecule has 3 nitrogen and oxygen atoms in total. The Morgan fingerprint density at radius 3 is 2.44 bits per heavy atom. The number of methoxy groups -OCH3 is 1. The van der Waals surface area contributed by atoms with Gasteiger partial charge in [0.25, 0.3) is 0 Å². The molecule has 18 heavy (non-hydrogen) atoms. The Balaban J connectivity index is 1.94. The fourth-order valence-corrected chi connectivity index (χ4v) is 2.38. The van der Waals surface area contributed by atoms with E-state index in [4.69, 9.17) is 9.47 Å². The van der Waals surface area contributed by atoms with E-state index in [1.54, 1.807) is 14.0 Å². The van der Waals surface area contributed by atoms with Crippen molar-refractivity contribution in [1.82, 2.24) is 0 Å². The molecular weight excluding hydrogens is 228 g/mol. The lowest BCUT2D eigenvalue weighted by Crippen LogP contribution is -2.29. The van der Waals surface area contributed by atoms with E-state index in [1.807, 2.05) is 24.3 Å². The van der Waals surface area contributed by atoms with Crippen molar-refractivity contribution in [2.24, 2.45) is 0 Å². The Labute approximate surface area is 108 Å². The first kappa shape index (κ1) is 13.1. The zero-order valence-electron chi connectivity index (χ0n) is 11.0. The maximum atomic E-state index is 11.2. The molecule has 1 saturated carbocycles. The maximum absolute atomic E-state index is 11.2. The molecule has 0 radical (unpaired) electrons. The molecule has 0 saturated heterocycles. The van der Waals surface area contributed by atoms with Gasteiger partial charge >= 0.3 is 0 Å². The Kier molecular flexibility index (Phi) is 4.37. The Hall–Kier alpha value is -1.35. The molecule has 0 aromatic heterocycles. The third-order valence-corrected chi connectivity index (χ3v) is 3.47. The van der Waals surface area contributed by atoms with Crippen molar-refractivity contribution in [3.05, 3.63) is 29.8 Å². The summed E-state index contributed by atoms with van der Waals surface area (Å²) < 4.78 is 11.3. The number of carbonyl (C=O) groups is 1. The van der Waals surface area contributed by atoms with Crippen LogP contribution in [0.2, 0.25) is 0 Å². The summed E-state index contributed by atoms with van der Waals surface area (Å²) in [5.41, 5.74) is 0.723. The van der Waals surface area contributed by atoms with Crippen LogP contribution in [0.3, 0.4) is 0 Å². The fraction of sp³-hybridized carbons (Fsp3) is 0.533. The highest BCUT2D eigenvalue weighted by atomic mass is 16.5. The van der Waals surface area contributed by atoms with Gasteiger partial charge in [-0.05, 0) is 50.5 Å². The average molecular weight is 248 g/mol. The van der Waals surface area contributed by atoms with E-state index in [-0.39, 0.29) is 11.9 Å². The Bertz CT molecular complexity index is 397. The smallest absolute Gasteiger partial charge is 0.159 e. The highest BCUT2D eigenvalue weighted by Crippen LogP contribution is 2.25. The van der Waals surface area contributed by atoms with Crippen LogP contribution in [-0.2, 0) is 4.74 Å². The predicted octanol–water partition coefficient (Wildman–Crippen LogP) is 3.23. The molecule has 1 aromatic carbocycles. The summed E-state index contributed by atoms with van der Waals surface area (Å²) in [4.78, 5) is 11.2. The lowest BCUT2D eigenvalue weighted by molar-refractivity contribution is 0.0210. The lowest BCUT2D eigenvalue weighted by atomic mass is 9.95. The molecule has 0 N–H and O–H groups in total. The number of hydrogen-bond donors (Lipinski definition) is 0. The van der Waals surface area contributed by atoms with E-state index >= 15 is 0 Å². The first-order valence-electron chi connectivity index (χ1n) is 6.49. The molecule has 1 aliphatic rings. The number of ketones is 1. The Morgan fingerprint density at radius 2 is 1.83 bits per heavy atom. The summed E-state index contributed by atoms with van der Waals surface area (Å²) in [6, 6.07) is 7.36. The van der Waals surface area contributed by atoms with Gasteiger partial charge in [0, 0.05) is 19.1 Å². The number of benzene rings is 1. The van der Waals surface area contributed by atoms with Crippen LogP contribution >= 0.6 is 0 Å². The highest BCUT2D eigenvalue weighted by Gasteiger charge is 2.22. The van der Waals surface area contributed by atoms with E-state index < -0.39 is 0 Å². The molecule has 1 fully saturated rings. The van der Waals surface area contributed by atoms with E-state index in [0.29, 0.717) is 6.10 Å². The van der Waals surface area contributed by atoms with Gasteiger partial charge in [-0.1, -0.05) is 0 Å². The number of hydrogen-bond acceptors (Lipinski definition) is 3. The first-order valence-corrected chi connectivity index (χ1v) is 6.49.